The van der Waals surface area contributed by atoms with Crippen molar-refractivity contribution < 1.29 is 18.8 Å². The first-order valence-corrected chi connectivity index (χ1v) is 8.96. The summed E-state index contributed by atoms with van der Waals surface area (Å²) >= 11 is 0. The molecule has 0 saturated carbocycles. The SMILES string of the molecule is CC1(CCC(=O)N2CCN(Cc3ccc(F)cc3)C(=O)C2)CCC(=O)N1. The van der Waals surface area contributed by atoms with E-state index in [1.807, 2.05) is 6.92 Å². The van der Waals surface area contributed by atoms with Crippen LogP contribution < -0.4 is 5.32 Å². The highest BCUT2D eigenvalue weighted by Crippen LogP contribution is 2.25. The van der Waals surface area contributed by atoms with Gasteiger partial charge in [0.05, 0.1) is 6.54 Å². The number of hydrogen-bond acceptors (Lipinski definition) is 3. The zero-order valence-electron chi connectivity index (χ0n) is 15.0. The molecule has 0 bridgehead atoms. The standard InChI is InChI=1S/C19H24FN3O3/c1-19(8-6-16(24)21-19)9-7-17(25)23-11-10-22(18(26)13-23)12-14-2-4-15(20)5-3-14/h2-5H,6-13H2,1H3,(H,21,24). The van der Waals surface area contributed by atoms with E-state index in [2.05, 4.69) is 5.32 Å². The van der Waals surface area contributed by atoms with Gasteiger partial charge in [-0.2, -0.15) is 0 Å². The fourth-order valence-corrected chi connectivity index (χ4v) is 3.48. The summed E-state index contributed by atoms with van der Waals surface area (Å²) in [5, 5.41) is 2.92. The van der Waals surface area contributed by atoms with Crippen molar-refractivity contribution in [2.24, 2.45) is 0 Å². The fourth-order valence-electron chi connectivity index (χ4n) is 3.48. The van der Waals surface area contributed by atoms with E-state index in [4.69, 9.17) is 0 Å². The third-order valence-electron chi connectivity index (χ3n) is 5.19. The highest BCUT2D eigenvalue weighted by atomic mass is 19.1. The Hall–Kier alpha value is -2.44. The van der Waals surface area contributed by atoms with E-state index < -0.39 is 0 Å². The normalized spacial score (nSPS) is 23.3. The quantitative estimate of drug-likeness (QED) is 0.863. The molecule has 0 radical (unpaired) electrons. The Morgan fingerprint density at radius 3 is 2.58 bits per heavy atom. The molecule has 0 spiro atoms. The summed E-state index contributed by atoms with van der Waals surface area (Å²) in [6, 6.07) is 6.08. The maximum Gasteiger partial charge on any atom is 0.242 e. The van der Waals surface area contributed by atoms with Crippen LogP contribution in [0.4, 0.5) is 4.39 Å². The minimum atomic E-state index is -0.318. The predicted octanol–water partition coefficient (Wildman–Crippen LogP) is 1.45. The van der Waals surface area contributed by atoms with Crippen molar-refractivity contribution in [2.45, 2.75) is 44.7 Å². The van der Waals surface area contributed by atoms with Gasteiger partial charge in [0, 0.05) is 38.0 Å². The summed E-state index contributed by atoms with van der Waals surface area (Å²) in [5.41, 5.74) is 0.547. The van der Waals surface area contributed by atoms with Crippen LogP contribution in [0.1, 0.15) is 38.2 Å². The first-order valence-electron chi connectivity index (χ1n) is 8.96. The van der Waals surface area contributed by atoms with Gasteiger partial charge in [-0.05, 0) is 37.5 Å². The summed E-state index contributed by atoms with van der Waals surface area (Å²) < 4.78 is 13.0. The van der Waals surface area contributed by atoms with Crippen molar-refractivity contribution in [3.05, 3.63) is 35.6 Å². The van der Waals surface area contributed by atoms with Crippen molar-refractivity contribution in [1.82, 2.24) is 15.1 Å². The molecule has 0 aliphatic carbocycles. The van der Waals surface area contributed by atoms with Gasteiger partial charge in [-0.25, -0.2) is 4.39 Å². The minimum absolute atomic E-state index is 0.0320. The maximum absolute atomic E-state index is 13.0. The Bertz CT molecular complexity index is 706. The molecule has 1 unspecified atom stereocenters. The Labute approximate surface area is 152 Å². The Balaban J connectivity index is 1.48. The van der Waals surface area contributed by atoms with Crippen molar-refractivity contribution in [2.75, 3.05) is 19.6 Å². The molecule has 7 heteroatoms. The number of nitrogens with one attached hydrogen (secondary N) is 1. The zero-order chi connectivity index (χ0) is 18.7. The maximum atomic E-state index is 13.0. The van der Waals surface area contributed by atoms with E-state index >= 15 is 0 Å². The molecule has 140 valence electrons. The van der Waals surface area contributed by atoms with E-state index in [-0.39, 0.29) is 35.6 Å². The van der Waals surface area contributed by atoms with Crippen molar-refractivity contribution in [3.63, 3.8) is 0 Å². The zero-order valence-corrected chi connectivity index (χ0v) is 15.0. The van der Waals surface area contributed by atoms with Gasteiger partial charge >= 0.3 is 0 Å². The van der Waals surface area contributed by atoms with E-state index in [1.54, 1.807) is 21.9 Å². The molecule has 26 heavy (non-hydrogen) atoms. The molecular weight excluding hydrogens is 337 g/mol. The molecule has 2 saturated heterocycles. The van der Waals surface area contributed by atoms with Gasteiger partial charge in [-0.15, -0.1) is 0 Å². The molecule has 2 aliphatic heterocycles. The molecule has 1 aromatic carbocycles. The van der Waals surface area contributed by atoms with Gasteiger partial charge < -0.3 is 15.1 Å². The van der Waals surface area contributed by atoms with Crippen molar-refractivity contribution in [1.29, 1.82) is 0 Å². The van der Waals surface area contributed by atoms with Gasteiger partial charge in [0.2, 0.25) is 17.7 Å². The van der Waals surface area contributed by atoms with Crippen LogP contribution in [0.2, 0.25) is 0 Å². The summed E-state index contributed by atoms with van der Waals surface area (Å²) in [5.74, 6) is -0.427. The number of carbonyl (C=O) groups is 3. The number of nitrogens with zero attached hydrogens (tertiary/aromatic N) is 2. The highest BCUT2D eigenvalue weighted by Gasteiger charge is 2.34. The lowest BCUT2D eigenvalue weighted by Crippen LogP contribution is -2.52. The molecule has 0 aromatic heterocycles. The number of rotatable bonds is 5. The molecular formula is C19H24FN3O3. The van der Waals surface area contributed by atoms with Crippen molar-refractivity contribution in [3.8, 4) is 0 Å². The lowest BCUT2D eigenvalue weighted by atomic mass is 9.94. The molecule has 3 amide bonds. The van der Waals surface area contributed by atoms with Crippen LogP contribution in [0.25, 0.3) is 0 Å². The smallest absolute Gasteiger partial charge is 0.242 e. The Kier molecular flexibility index (Phi) is 5.25. The van der Waals surface area contributed by atoms with Crippen LogP contribution in [0, 0.1) is 5.82 Å². The van der Waals surface area contributed by atoms with E-state index in [0.717, 1.165) is 12.0 Å². The number of piperazine rings is 1. The molecule has 2 heterocycles. The number of carbonyl (C=O) groups excluding carboxylic acids is 3. The lowest BCUT2D eigenvalue weighted by molar-refractivity contribution is -0.145. The summed E-state index contributed by atoms with van der Waals surface area (Å²) in [6.07, 6.45) is 2.15. The monoisotopic (exact) mass is 361 g/mol. The van der Waals surface area contributed by atoms with Crippen LogP contribution >= 0.6 is 0 Å². The second-order valence-electron chi connectivity index (χ2n) is 7.37. The molecule has 2 fully saturated rings. The fraction of sp³-hybridized carbons (Fsp3) is 0.526. The summed E-state index contributed by atoms with van der Waals surface area (Å²) in [6.45, 7) is 3.41. The van der Waals surface area contributed by atoms with Gasteiger partial charge in [0.15, 0.2) is 0 Å². The number of hydrogen-bond donors (Lipinski definition) is 1. The van der Waals surface area contributed by atoms with Crippen LogP contribution in [-0.2, 0) is 20.9 Å². The van der Waals surface area contributed by atoms with E-state index in [0.29, 0.717) is 38.9 Å². The highest BCUT2D eigenvalue weighted by molar-refractivity contribution is 5.86. The van der Waals surface area contributed by atoms with Gasteiger partial charge in [0.25, 0.3) is 0 Å². The molecule has 1 N–H and O–H groups in total. The topological polar surface area (TPSA) is 69.7 Å². The van der Waals surface area contributed by atoms with Gasteiger partial charge in [0.1, 0.15) is 5.82 Å². The number of benzene rings is 1. The molecule has 1 aromatic rings. The van der Waals surface area contributed by atoms with Crippen LogP contribution in [-0.4, -0.2) is 52.7 Å². The average Bonchev–Trinajstić information content (AvgIpc) is 2.96. The average molecular weight is 361 g/mol. The largest absolute Gasteiger partial charge is 0.351 e. The molecule has 1 atom stereocenters. The third kappa shape index (κ3) is 4.39. The lowest BCUT2D eigenvalue weighted by Gasteiger charge is -2.35. The Morgan fingerprint density at radius 2 is 1.96 bits per heavy atom. The number of halogens is 1. The van der Waals surface area contributed by atoms with E-state index in [1.165, 1.54) is 12.1 Å². The Morgan fingerprint density at radius 1 is 1.23 bits per heavy atom. The number of amides is 3. The summed E-state index contributed by atoms with van der Waals surface area (Å²) in [7, 11) is 0. The van der Waals surface area contributed by atoms with Crippen LogP contribution in [0.15, 0.2) is 24.3 Å². The van der Waals surface area contributed by atoms with Gasteiger partial charge in [-0.1, -0.05) is 12.1 Å². The molecule has 2 aliphatic rings. The molecule has 6 nitrogen and oxygen atoms in total. The first kappa shape index (κ1) is 18.4. The van der Waals surface area contributed by atoms with Gasteiger partial charge in [-0.3, -0.25) is 14.4 Å². The van der Waals surface area contributed by atoms with Crippen LogP contribution in [0.3, 0.4) is 0 Å². The van der Waals surface area contributed by atoms with E-state index in [9.17, 15) is 18.8 Å². The van der Waals surface area contributed by atoms with Crippen molar-refractivity contribution >= 4 is 17.7 Å². The second-order valence-corrected chi connectivity index (χ2v) is 7.37. The minimum Gasteiger partial charge on any atom is -0.351 e. The molecule has 3 rings (SSSR count). The summed E-state index contributed by atoms with van der Waals surface area (Å²) in [4.78, 5) is 39.4. The van der Waals surface area contributed by atoms with Crippen LogP contribution in [0.5, 0.6) is 0 Å². The first-order chi connectivity index (χ1) is 12.3. The second kappa shape index (κ2) is 7.43. The predicted molar refractivity (Wildman–Crippen MR) is 93.4 cm³/mol. The third-order valence-corrected chi connectivity index (χ3v) is 5.19.